The van der Waals surface area contributed by atoms with Crippen molar-refractivity contribution in [2.75, 3.05) is 5.32 Å². The number of rotatable bonds is 5. The van der Waals surface area contributed by atoms with Crippen molar-refractivity contribution in [2.45, 2.75) is 6.92 Å². The molecule has 0 spiro atoms. The fourth-order valence-corrected chi connectivity index (χ4v) is 2.69. The number of phenolic OH excluding ortho intramolecular Hbond substituents is 1. The zero-order valence-corrected chi connectivity index (χ0v) is 15.4. The maximum Gasteiger partial charge on any atom is 0.313 e. The van der Waals surface area contributed by atoms with E-state index in [2.05, 4.69) is 5.32 Å². The van der Waals surface area contributed by atoms with Crippen molar-refractivity contribution in [1.82, 2.24) is 0 Å². The van der Waals surface area contributed by atoms with Crippen molar-refractivity contribution in [2.24, 2.45) is 0 Å². The van der Waals surface area contributed by atoms with Gasteiger partial charge >= 0.3 is 5.69 Å². The smallest absolute Gasteiger partial charge is 0.313 e. The number of nitrogens with zero attached hydrogens (tertiary/aromatic N) is 1. The number of hydrogen-bond acceptors (Lipinski definition) is 5. The molecule has 0 atom stereocenters. The Morgan fingerprint density at radius 1 is 1.14 bits per heavy atom. The molecule has 0 saturated carbocycles. The first-order valence-corrected chi connectivity index (χ1v) is 8.54. The van der Waals surface area contributed by atoms with Crippen LogP contribution < -0.4 is 10.1 Å². The lowest BCUT2D eigenvalue weighted by atomic mass is 10.1. The molecule has 3 aromatic rings. The lowest BCUT2D eigenvalue weighted by Gasteiger charge is -2.10. The van der Waals surface area contributed by atoms with E-state index in [0.717, 1.165) is 5.56 Å². The monoisotopic (exact) mass is 398 g/mol. The number of ether oxygens (including phenoxy) is 1. The van der Waals surface area contributed by atoms with Gasteiger partial charge in [0, 0.05) is 16.8 Å². The summed E-state index contributed by atoms with van der Waals surface area (Å²) in [6, 6.07) is 15.2. The van der Waals surface area contributed by atoms with E-state index < -0.39 is 10.8 Å². The van der Waals surface area contributed by atoms with Gasteiger partial charge in [-0.15, -0.1) is 0 Å². The van der Waals surface area contributed by atoms with Crippen LogP contribution in [0.2, 0.25) is 5.02 Å². The van der Waals surface area contributed by atoms with Gasteiger partial charge in [-0.05, 0) is 55.0 Å². The number of hydrogen-bond donors (Lipinski definition) is 2. The van der Waals surface area contributed by atoms with Crippen molar-refractivity contribution in [3.05, 3.63) is 86.9 Å². The second-order valence-corrected chi connectivity index (χ2v) is 6.41. The minimum atomic E-state index is -0.651. The van der Waals surface area contributed by atoms with Crippen molar-refractivity contribution in [1.29, 1.82) is 0 Å². The average molecular weight is 399 g/mol. The van der Waals surface area contributed by atoms with Crippen LogP contribution in [0.15, 0.2) is 60.7 Å². The van der Waals surface area contributed by atoms with E-state index in [4.69, 9.17) is 16.3 Å². The third-order valence-electron chi connectivity index (χ3n) is 3.83. The Hall–Kier alpha value is -3.58. The van der Waals surface area contributed by atoms with E-state index in [-0.39, 0.29) is 33.5 Å². The predicted octanol–water partition coefficient (Wildman–Crippen LogP) is 5.31. The van der Waals surface area contributed by atoms with Crippen LogP contribution in [0.4, 0.5) is 11.4 Å². The Balaban J connectivity index is 1.87. The van der Waals surface area contributed by atoms with Crippen LogP contribution >= 0.6 is 11.6 Å². The number of amides is 1. The molecule has 0 fully saturated rings. The molecule has 28 heavy (non-hydrogen) atoms. The summed E-state index contributed by atoms with van der Waals surface area (Å²) >= 11 is 5.84. The number of halogens is 1. The molecule has 0 saturated heterocycles. The Labute approximate surface area is 165 Å². The van der Waals surface area contributed by atoms with Crippen molar-refractivity contribution in [3.63, 3.8) is 0 Å². The molecular formula is C20H15ClN2O5. The minimum Gasteiger partial charge on any atom is -0.507 e. The number of nitro groups is 1. The number of nitro benzene ring substituents is 1. The molecule has 142 valence electrons. The third-order valence-corrected chi connectivity index (χ3v) is 4.07. The lowest BCUT2D eigenvalue weighted by Crippen LogP contribution is -2.12. The number of benzene rings is 3. The standard InChI is InChI=1S/C20H15ClN2O5/c1-12-3-2-4-15(9-12)28-19-8-6-14(11-17(19)23(26)27)22-20(25)16-10-13(21)5-7-18(16)24/h2-11,24H,1H3,(H,22,25). The molecule has 2 N–H and O–H groups in total. The van der Waals surface area contributed by atoms with Crippen LogP contribution in [0.1, 0.15) is 15.9 Å². The highest BCUT2D eigenvalue weighted by molar-refractivity contribution is 6.31. The molecule has 0 radical (unpaired) electrons. The number of nitrogens with one attached hydrogen (secondary N) is 1. The summed E-state index contributed by atoms with van der Waals surface area (Å²) in [4.78, 5) is 23.2. The number of aryl methyl sites for hydroxylation is 1. The molecule has 3 aromatic carbocycles. The maximum atomic E-state index is 12.4. The molecule has 0 aliphatic carbocycles. The average Bonchev–Trinajstić information content (AvgIpc) is 2.64. The summed E-state index contributed by atoms with van der Waals surface area (Å²) in [6.07, 6.45) is 0. The molecule has 0 aromatic heterocycles. The largest absolute Gasteiger partial charge is 0.507 e. The van der Waals surface area contributed by atoms with Crippen LogP contribution in [0, 0.1) is 17.0 Å². The van der Waals surface area contributed by atoms with Gasteiger partial charge in [0.25, 0.3) is 5.91 Å². The molecule has 7 nitrogen and oxygen atoms in total. The zero-order valence-electron chi connectivity index (χ0n) is 14.7. The molecule has 8 heteroatoms. The Kier molecular flexibility index (Phi) is 5.47. The van der Waals surface area contributed by atoms with Crippen LogP contribution in [0.5, 0.6) is 17.2 Å². The first kappa shape index (κ1) is 19.2. The number of anilines is 1. The highest BCUT2D eigenvalue weighted by Gasteiger charge is 2.19. The molecule has 0 bridgehead atoms. The van der Waals surface area contributed by atoms with Crippen LogP contribution in [-0.4, -0.2) is 15.9 Å². The Bertz CT molecular complexity index is 1070. The number of aromatic hydroxyl groups is 1. The van der Waals surface area contributed by atoms with Gasteiger partial charge in [0.2, 0.25) is 5.75 Å². The maximum absolute atomic E-state index is 12.4. The summed E-state index contributed by atoms with van der Waals surface area (Å²) in [5, 5.41) is 24.0. The van der Waals surface area contributed by atoms with Gasteiger partial charge in [-0.2, -0.15) is 0 Å². The van der Waals surface area contributed by atoms with Crippen molar-refractivity contribution in [3.8, 4) is 17.2 Å². The third kappa shape index (κ3) is 4.39. The van der Waals surface area contributed by atoms with Crippen molar-refractivity contribution >= 4 is 28.9 Å². The van der Waals surface area contributed by atoms with Crippen LogP contribution in [0.25, 0.3) is 0 Å². The fourth-order valence-electron chi connectivity index (χ4n) is 2.52. The van der Waals surface area contributed by atoms with Gasteiger partial charge < -0.3 is 15.2 Å². The molecule has 0 aliphatic heterocycles. The fraction of sp³-hybridized carbons (Fsp3) is 0.0500. The molecule has 1 amide bonds. The second kappa shape index (κ2) is 7.98. The number of phenols is 1. The molecule has 0 aliphatic rings. The summed E-state index contributed by atoms with van der Waals surface area (Å²) in [5.74, 6) is -0.402. The molecule has 0 heterocycles. The quantitative estimate of drug-likeness (QED) is 0.448. The van der Waals surface area contributed by atoms with Gasteiger partial charge in [-0.1, -0.05) is 23.7 Å². The van der Waals surface area contributed by atoms with Gasteiger partial charge in [0.15, 0.2) is 0 Å². The van der Waals surface area contributed by atoms with Crippen molar-refractivity contribution < 1.29 is 19.6 Å². The van der Waals surface area contributed by atoms with E-state index >= 15 is 0 Å². The summed E-state index contributed by atoms with van der Waals surface area (Å²) in [5.41, 5.74) is 0.767. The van der Waals surface area contributed by atoms with E-state index in [1.807, 2.05) is 13.0 Å². The van der Waals surface area contributed by atoms with Gasteiger partial charge in [-0.3, -0.25) is 14.9 Å². The number of carbonyl (C=O) groups excluding carboxylic acids is 1. The SMILES string of the molecule is Cc1cccc(Oc2ccc(NC(=O)c3cc(Cl)ccc3O)cc2[N+](=O)[O-])c1. The van der Waals surface area contributed by atoms with E-state index in [1.165, 1.54) is 36.4 Å². The van der Waals surface area contributed by atoms with Gasteiger partial charge in [-0.25, -0.2) is 0 Å². The Morgan fingerprint density at radius 3 is 2.64 bits per heavy atom. The second-order valence-electron chi connectivity index (χ2n) is 5.97. The van der Waals surface area contributed by atoms with E-state index in [9.17, 15) is 20.0 Å². The highest BCUT2D eigenvalue weighted by Crippen LogP contribution is 2.34. The first-order chi connectivity index (χ1) is 13.3. The molecule has 0 unspecified atom stereocenters. The lowest BCUT2D eigenvalue weighted by molar-refractivity contribution is -0.385. The minimum absolute atomic E-state index is 0.0409. The first-order valence-electron chi connectivity index (χ1n) is 8.16. The Morgan fingerprint density at radius 2 is 1.93 bits per heavy atom. The van der Waals surface area contributed by atoms with Gasteiger partial charge in [0.05, 0.1) is 10.5 Å². The molecular weight excluding hydrogens is 384 g/mol. The van der Waals surface area contributed by atoms with Gasteiger partial charge in [0.1, 0.15) is 11.5 Å². The molecule has 3 rings (SSSR count). The van der Waals surface area contributed by atoms with E-state index in [0.29, 0.717) is 5.75 Å². The summed E-state index contributed by atoms with van der Waals surface area (Å²) < 4.78 is 5.62. The summed E-state index contributed by atoms with van der Waals surface area (Å²) in [6.45, 7) is 1.88. The van der Waals surface area contributed by atoms with Crippen LogP contribution in [0.3, 0.4) is 0 Å². The predicted molar refractivity (Wildman–Crippen MR) is 105 cm³/mol. The van der Waals surface area contributed by atoms with Crippen LogP contribution in [-0.2, 0) is 0 Å². The summed E-state index contributed by atoms with van der Waals surface area (Å²) in [7, 11) is 0. The topological polar surface area (TPSA) is 102 Å². The number of carbonyl (C=O) groups is 1. The normalized spacial score (nSPS) is 10.4. The van der Waals surface area contributed by atoms with E-state index in [1.54, 1.807) is 18.2 Å². The zero-order chi connectivity index (χ0) is 20.3. The highest BCUT2D eigenvalue weighted by atomic mass is 35.5.